The molecule has 158 valence electrons. The predicted molar refractivity (Wildman–Crippen MR) is 117 cm³/mol. The second kappa shape index (κ2) is 10.8. The van der Waals surface area contributed by atoms with Crippen LogP contribution in [0.4, 0.5) is 4.39 Å². The largest absolute Gasteiger partial charge is 0.355 e. The van der Waals surface area contributed by atoms with Gasteiger partial charge in [-0.1, -0.05) is 12.1 Å². The van der Waals surface area contributed by atoms with E-state index < -0.39 is 0 Å². The van der Waals surface area contributed by atoms with Crippen LogP contribution in [0.2, 0.25) is 0 Å². The molecule has 30 heavy (non-hydrogen) atoms. The van der Waals surface area contributed by atoms with Crippen LogP contribution in [0.1, 0.15) is 38.1 Å². The SMILES string of the molecule is CC(=O)N[C@@H](CCCCNC(=O)CSc1ccc(F)cc1)c1nc2ccccc2[nH]1. The normalized spacial score (nSPS) is 11.9. The van der Waals surface area contributed by atoms with E-state index in [1.165, 1.54) is 30.8 Å². The molecule has 0 spiro atoms. The number of H-pyrrole nitrogens is 1. The first-order valence-electron chi connectivity index (χ1n) is 9.88. The van der Waals surface area contributed by atoms with E-state index in [1.54, 1.807) is 12.1 Å². The predicted octanol–water partition coefficient (Wildman–Crippen LogP) is 3.96. The molecule has 0 aliphatic heterocycles. The fourth-order valence-corrected chi connectivity index (χ4v) is 3.82. The van der Waals surface area contributed by atoms with Gasteiger partial charge in [0.1, 0.15) is 11.6 Å². The number of unbranched alkanes of at least 4 members (excludes halogenated alkanes) is 1. The Morgan fingerprint density at radius 3 is 2.63 bits per heavy atom. The van der Waals surface area contributed by atoms with Crippen LogP contribution in [-0.2, 0) is 9.59 Å². The zero-order valence-electron chi connectivity index (χ0n) is 16.8. The van der Waals surface area contributed by atoms with Crippen LogP contribution in [0, 0.1) is 5.82 Å². The molecule has 0 bridgehead atoms. The van der Waals surface area contributed by atoms with Crippen molar-refractivity contribution >= 4 is 34.6 Å². The van der Waals surface area contributed by atoms with Gasteiger partial charge >= 0.3 is 0 Å². The first-order chi connectivity index (χ1) is 14.5. The summed E-state index contributed by atoms with van der Waals surface area (Å²) in [7, 11) is 0. The fraction of sp³-hybridized carbons (Fsp3) is 0.318. The Hall–Kier alpha value is -2.87. The lowest BCUT2D eigenvalue weighted by molar-refractivity contribution is -0.120. The fourth-order valence-electron chi connectivity index (χ4n) is 3.09. The Balaban J connectivity index is 1.41. The number of hydrogen-bond acceptors (Lipinski definition) is 4. The van der Waals surface area contributed by atoms with Gasteiger partial charge in [0.25, 0.3) is 0 Å². The molecule has 0 aliphatic carbocycles. The van der Waals surface area contributed by atoms with Crippen molar-refractivity contribution in [2.75, 3.05) is 12.3 Å². The number of benzene rings is 2. The number of carbonyl (C=O) groups is 2. The van der Waals surface area contributed by atoms with E-state index in [2.05, 4.69) is 20.6 Å². The monoisotopic (exact) mass is 428 g/mol. The number of hydrogen-bond donors (Lipinski definition) is 3. The number of nitrogens with one attached hydrogen (secondary N) is 3. The summed E-state index contributed by atoms with van der Waals surface area (Å²) in [5.41, 5.74) is 1.81. The third-order valence-electron chi connectivity index (χ3n) is 4.54. The molecular formula is C22H25FN4O2S. The van der Waals surface area contributed by atoms with Crippen LogP contribution in [0.15, 0.2) is 53.4 Å². The number of amides is 2. The van der Waals surface area contributed by atoms with Crippen LogP contribution < -0.4 is 10.6 Å². The average Bonchev–Trinajstić information content (AvgIpc) is 3.16. The standard InChI is InChI=1S/C22H25FN4O2S/c1-15(28)25-20(22-26-18-6-2-3-7-19(18)27-22)8-4-5-13-24-21(29)14-30-17-11-9-16(23)10-12-17/h2-3,6-7,9-12,20H,4-5,8,13-14H2,1H3,(H,24,29)(H,25,28)(H,26,27)/t20-/m0/s1. The van der Waals surface area contributed by atoms with Gasteiger partial charge in [-0.2, -0.15) is 0 Å². The minimum atomic E-state index is -0.288. The Labute approximate surface area is 179 Å². The van der Waals surface area contributed by atoms with E-state index in [4.69, 9.17) is 0 Å². The van der Waals surface area contributed by atoms with Gasteiger partial charge in [-0.25, -0.2) is 9.37 Å². The zero-order valence-corrected chi connectivity index (χ0v) is 17.6. The van der Waals surface area contributed by atoms with Crippen molar-refractivity contribution in [1.29, 1.82) is 0 Å². The van der Waals surface area contributed by atoms with Crippen molar-refractivity contribution in [3.05, 3.63) is 60.2 Å². The summed E-state index contributed by atoms with van der Waals surface area (Å²) in [5, 5.41) is 5.84. The number of halogens is 1. The van der Waals surface area contributed by atoms with E-state index >= 15 is 0 Å². The lowest BCUT2D eigenvalue weighted by Gasteiger charge is -2.15. The van der Waals surface area contributed by atoms with Gasteiger partial charge in [0.15, 0.2) is 0 Å². The van der Waals surface area contributed by atoms with Crippen molar-refractivity contribution in [3.8, 4) is 0 Å². The molecule has 0 saturated carbocycles. The van der Waals surface area contributed by atoms with E-state index in [0.717, 1.165) is 41.0 Å². The molecular weight excluding hydrogens is 403 g/mol. The summed E-state index contributed by atoms with van der Waals surface area (Å²) in [4.78, 5) is 32.3. The quantitative estimate of drug-likeness (QED) is 0.337. The van der Waals surface area contributed by atoms with E-state index in [9.17, 15) is 14.0 Å². The van der Waals surface area contributed by atoms with Crippen molar-refractivity contribution in [2.24, 2.45) is 0 Å². The molecule has 1 aromatic heterocycles. The number of thioether (sulfide) groups is 1. The van der Waals surface area contributed by atoms with Crippen molar-refractivity contribution < 1.29 is 14.0 Å². The molecule has 3 aromatic rings. The first-order valence-corrected chi connectivity index (χ1v) is 10.9. The summed E-state index contributed by atoms with van der Waals surface area (Å²) in [6, 6.07) is 13.6. The summed E-state index contributed by atoms with van der Waals surface area (Å²) in [5.74, 6) is 0.584. The smallest absolute Gasteiger partial charge is 0.230 e. The molecule has 3 rings (SSSR count). The molecule has 0 saturated heterocycles. The Bertz CT molecular complexity index is 957. The van der Waals surface area contributed by atoms with Gasteiger partial charge in [-0.3, -0.25) is 9.59 Å². The Morgan fingerprint density at radius 1 is 1.13 bits per heavy atom. The molecule has 3 N–H and O–H groups in total. The molecule has 0 fully saturated rings. The maximum atomic E-state index is 12.9. The molecule has 0 radical (unpaired) electrons. The molecule has 0 unspecified atom stereocenters. The third kappa shape index (κ3) is 6.59. The number of aromatic nitrogens is 2. The van der Waals surface area contributed by atoms with Crippen molar-refractivity contribution in [2.45, 2.75) is 37.1 Å². The minimum absolute atomic E-state index is 0.0555. The van der Waals surface area contributed by atoms with Gasteiger partial charge in [0.05, 0.1) is 22.8 Å². The first kappa shape index (κ1) is 21.8. The lowest BCUT2D eigenvalue weighted by atomic mass is 10.1. The highest BCUT2D eigenvalue weighted by Gasteiger charge is 2.16. The van der Waals surface area contributed by atoms with Gasteiger partial charge in [-0.05, 0) is 55.7 Å². The van der Waals surface area contributed by atoms with E-state index in [-0.39, 0.29) is 23.7 Å². The van der Waals surface area contributed by atoms with Crippen LogP contribution >= 0.6 is 11.8 Å². The van der Waals surface area contributed by atoms with Crippen LogP contribution in [0.5, 0.6) is 0 Å². The summed E-state index contributed by atoms with van der Waals surface area (Å²) in [6.07, 6.45) is 2.34. The van der Waals surface area contributed by atoms with E-state index in [1.807, 2.05) is 24.3 Å². The third-order valence-corrected chi connectivity index (χ3v) is 5.55. The Morgan fingerprint density at radius 2 is 1.90 bits per heavy atom. The molecule has 8 heteroatoms. The number of rotatable bonds is 10. The minimum Gasteiger partial charge on any atom is -0.355 e. The topological polar surface area (TPSA) is 86.9 Å². The molecule has 2 aromatic carbocycles. The number of nitrogens with zero attached hydrogens (tertiary/aromatic N) is 1. The van der Waals surface area contributed by atoms with Gasteiger partial charge in [0, 0.05) is 18.4 Å². The summed E-state index contributed by atoms with van der Waals surface area (Å²) >= 11 is 1.37. The number of para-hydroxylation sites is 2. The number of aromatic amines is 1. The zero-order chi connectivity index (χ0) is 21.3. The van der Waals surface area contributed by atoms with Gasteiger partial charge in [-0.15, -0.1) is 11.8 Å². The van der Waals surface area contributed by atoms with Gasteiger partial charge < -0.3 is 15.6 Å². The maximum absolute atomic E-state index is 12.9. The summed E-state index contributed by atoms with van der Waals surface area (Å²) < 4.78 is 12.9. The maximum Gasteiger partial charge on any atom is 0.230 e. The number of fused-ring (bicyclic) bond motifs is 1. The number of carbonyl (C=O) groups excluding carboxylic acids is 2. The molecule has 2 amide bonds. The molecule has 1 atom stereocenters. The highest BCUT2D eigenvalue weighted by atomic mass is 32.2. The molecule has 0 aliphatic rings. The van der Waals surface area contributed by atoms with E-state index in [0.29, 0.717) is 12.3 Å². The van der Waals surface area contributed by atoms with Crippen molar-refractivity contribution in [3.63, 3.8) is 0 Å². The average molecular weight is 429 g/mol. The second-order valence-corrected chi connectivity index (χ2v) is 8.03. The second-order valence-electron chi connectivity index (χ2n) is 6.98. The van der Waals surface area contributed by atoms with Crippen LogP contribution in [-0.4, -0.2) is 34.1 Å². The Kier molecular flexibility index (Phi) is 7.84. The lowest BCUT2D eigenvalue weighted by Crippen LogP contribution is -2.28. The van der Waals surface area contributed by atoms with Crippen LogP contribution in [0.25, 0.3) is 11.0 Å². The van der Waals surface area contributed by atoms with Gasteiger partial charge in [0.2, 0.25) is 11.8 Å². The molecule has 6 nitrogen and oxygen atoms in total. The number of imidazole rings is 1. The van der Waals surface area contributed by atoms with Crippen LogP contribution in [0.3, 0.4) is 0 Å². The summed E-state index contributed by atoms with van der Waals surface area (Å²) in [6.45, 7) is 2.06. The van der Waals surface area contributed by atoms with Crippen molar-refractivity contribution in [1.82, 2.24) is 20.6 Å². The highest BCUT2D eigenvalue weighted by molar-refractivity contribution is 8.00. The highest BCUT2D eigenvalue weighted by Crippen LogP contribution is 2.21. The molecule has 1 heterocycles.